The zero-order valence-corrected chi connectivity index (χ0v) is 18.2. The summed E-state index contributed by atoms with van der Waals surface area (Å²) in [5, 5.41) is 1.08. The van der Waals surface area contributed by atoms with Crippen LogP contribution < -0.4 is 14.2 Å². The maximum Gasteiger partial charge on any atom is 0.265 e. The van der Waals surface area contributed by atoms with Gasteiger partial charge in [-0.05, 0) is 49.4 Å². The predicted molar refractivity (Wildman–Crippen MR) is 122 cm³/mol. The third kappa shape index (κ3) is 4.32. The second kappa shape index (κ2) is 8.28. The Kier molecular flexibility index (Phi) is 5.52. The van der Waals surface area contributed by atoms with Crippen molar-refractivity contribution >= 4 is 26.6 Å². The third-order valence-electron chi connectivity index (χ3n) is 4.94. The Morgan fingerprint density at radius 2 is 1.61 bits per heavy atom. The van der Waals surface area contributed by atoms with Gasteiger partial charge in [0.2, 0.25) is 0 Å². The first kappa shape index (κ1) is 20.7. The molecule has 0 saturated carbocycles. The molecule has 0 aliphatic rings. The summed E-state index contributed by atoms with van der Waals surface area (Å²) in [6, 6.07) is 21.8. The molecular weight excluding hydrogens is 412 g/mol. The number of benzene rings is 3. The highest BCUT2D eigenvalue weighted by molar-refractivity contribution is 7.92. The fraction of sp³-hybridized carbons (Fsp3) is 0.125. The molecule has 4 aromatic rings. The minimum atomic E-state index is -3.87. The van der Waals surface area contributed by atoms with Gasteiger partial charge < -0.3 is 9.47 Å². The Balaban J connectivity index is 1.61. The van der Waals surface area contributed by atoms with Gasteiger partial charge in [-0.2, -0.15) is 0 Å². The van der Waals surface area contributed by atoms with Gasteiger partial charge in [0, 0.05) is 22.7 Å². The van der Waals surface area contributed by atoms with E-state index in [4.69, 9.17) is 14.5 Å². The number of aromatic nitrogens is 1. The van der Waals surface area contributed by atoms with Gasteiger partial charge in [-0.1, -0.05) is 29.8 Å². The first-order chi connectivity index (χ1) is 14.9. The molecule has 0 radical (unpaired) electrons. The van der Waals surface area contributed by atoms with Crippen molar-refractivity contribution in [3.8, 4) is 22.8 Å². The zero-order valence-electron chi connectivity index (χ0n) is 17.4. The summed E-state index contributed by atoms with van der Waals surface area (Å²) in [6.07, 6.45) is 0. The van der Waals surface area contributed by atoms with Crippen LogP contribution in [0.2, 0.25) is 0 Å². The van der Waals surface area contributed by atoms with E-state index >= 15 is 0 Å². The van der Waals surface area contributed by atoms with E-state index in [0.717, 1.165) is 22.2 Å². The average Bonchev–Trinajstić information content (AvgIpc) is 2.78. The van der Waals surface area contributed by atoms with E-state index in [0.29, 0.717) is 11.4 Å². The summed E-state index contributed by atoms with van der Waals surface area (Å²) in [5.74, 6) is 0.662. The van der Waals surface area contributed by atoms with Gasteiger partial charge in [-0.3, -0.25) is 4.72 Å². The molecule has 6 nitrogen and oxygen atoms in total. The Morgan fingerprint density at radius 1 is 0.839 bits per heavy atom. The first-order valence-corrected chi connectivity index (χ1v) is 11.1. The molecule has 1 heterocycles. The van der Waals surface area contributed by atoms with E-state index in [1.807, 2.05) is 43.3 Å². The van der Waals surface area contributed by atoms with E-state index < -0.39 is 10.0 Å². The second-order valence-corrected chi connectivity index (χ2v) is 8.74. The van der Waals surface area contributed by atoms with Crippen molar-refractivity contribution in [2.45, 2.75) is 11.8 Å². The van der Waals surface area contributed by atoms with Gasteiger partial charge >= 0.3 is 0 Å². The molecule has 0 spiro atoms. The van der Waals surface area contributed by atoms with Gasteiger partial charge in [0.1, 0.15) is 16.4 Å². The number of nitrogens with one attached hydrogen (secondary N) is 1. The Morgan fingerprint density at radius 3 is 2.32 bits per heavy atom. The van der Waals surface area contributed by atoms with Crippen molar-refractivity contribution in [3.05, 3.63) is 78.4 Å². The van der Waals surface area contributed by atoms with Gasteiger partial charge in [0.15, 0.2) is 0 Å². The molecule has 3 aromatic carbocycles. The molecule has 158 valence electrons. The van der Waals surface area contributed by atoms with Crippen LogP contribution in [0.4, 0.5) is 5.69 Å². The van der Waals surface area contributed by atoms with Crippen molar-refractivity contribution in [3.63, 3.8) is 0 Å². The third-order valence-corrected chi connectivity index (χ3v) is 6.34. The van der Waals surface area contributed by atoms with Gasteiger partial charge in [0.25, 0.3) is 10.0 Å². The minimum Gasteiger partial charge on any atom is -0.497 e. The number of hydrogen-bond donors (Lipinski definition) is 1. The summed E-state index contributed by atoms with van der Waals surface area (Å²) in [7, 11) is -0.967. The van der Waals surface area contributed by atoms with Crippen LogP contribution in [-0.4, -0.2) is 27.6 Å². The SMILES string of the molecule is COc1ccc(OC)c(S(=O)(=O)Nc2ccc(-c3ccc4cc(C)ccc4n3)cc2)c1. The van der Waals surface area contributed by atoms with Crippen molar-refractivity contribution in [1.82, 2.24) is 4.98 Å². The quantitative estimate of drug-likeness (QED) is 0.461. The number of rotatable bonds is 6. The lowest BCUT2D eigenvalue weighted by molar-refractivity contribution is 0.392. The summed E-state index contributed by atoms with van der Waals surface area (Å²) in [5.41, 5.74) is 4.25. The molecule has 4 rings (SSSR count). The molecule has 0 atom stereocenters. The lowest BCUT2D eigenvalue weighted by atomic mass is 10.1. The summed E-state index contributed by atoms with van der Waals surface area (Å²) in [6.45, 7) is 2.05. The number of nitrogens with zero attached hydrogens (tertiary/aromatic N) is 1. The number of fused-ring (bicyclic) bond motifs is 1. The normalized spacial score (nSPS) is 11.3. The van der Waals surface area contributed by atoms with Crippen LogP contribution in [0.1, 0.15) is 5.56 Å². The van der Waals surface area contributed by atoms with Crippen molar-refractivity contribution in [2.75, 3.05) is 18.9 Å². The highest BCUT2D eigenvalue weighted by Gasteiger charge is 2.21. The molecule has 0 saturated heterocycles. The topological polar surface area (TPSA) is 77.5 Å². The largest absolute Gasteiger partial charge is 0.497 e. The van der Waals surface area contributed by atoms with Crippen molar-refractivity contribution in [1.29, 1.82) is 0 Å². The lowest BCUT2D eigenvalue weighted by Crippen LogP contribution is -2.14. The van der Waals surface area contributed by atoms with Crippen molar-refractivity contribution in [2.24, 2.45) is 0 Å². The summed E-state index contributed by atoms with van der Waals surface area (Å²) < 4.78 is 38.8. The Hall–Kier alpha value is -3.58. The van der Waals surface area contributed by atoms with E-state index in [1.165, 1.54) is 25.8 Å². The summed E-state index contributed by atoms with van der Waals surface area (Å²) in [4.78, 5) is 4.72. The monoisotopic (exact) mass is 434 g/mol. The molecule has 0 unspecified atom stereocenters. The average molecular weight is 435 g/mol. The number of anilines is 1. The molecule has 31 heavy (non-hydrogen) atoms. The second-order valence-electron chi connectivity index (χ2n) is 7.09. The van der Waals surface area contributed by atoms with Crippen LogP contribution in [0, 0.1) is 6.92 Å². The Bertz CT molecular complexity index is 1350. The van der Waals surface area contributed by atoms with Crippen molar-refractivity contribution < 1.29 is 17.9 Å². The van der Waals surface area contributed by atoms with Crippen LogP contribution in [0.15, 0.2) is 77.7 Å². The van der Waals surface area contributed by atoms with Crippen LogP contribution in [-0.2, 0) is 10.0 Å². The van der Waals surface area contributed by atoms with E-state index in [2.05, 4.69) is 10.8 Å². The molecule has 1 N–H and O–H groups in total. The molecule has 0 aliphatic carbocycles. The van der Waals surface area contributed by atoms with Gasteiger partial charge in [-0.25, -0.2) is 13.4 Å². The highest BCUT2D eigenvalue weighted by atomic mass is 32.2. The minimum absolute atomic E-state index is 0.00455. The Labute approximate surface area is 181 Å². The fourth-order valence-electron chi connectivity index (χ4n) is 3.32. The van der Waals surface area contributed by atoms with E-state index in [1.54, 1.807) is 24.3 Å². The molecule has 0 amide bonds. The maximum absolute atomic E-state index is 12.9. The van der Waals surface area contributed by atoms with Crippen LogP contribution in [0.25, 0.3) is 22.2 Å². The molecule has 0 fully saturated rings. The zero-order chi connectivity index (χ0) is 22.0. The van der Waals surface area contributed by atoms with E-state index in [-0.39, 0.29) is 10.6 Å². The molecular formula is C24H22N2O4S. The summed E-state index contributed by atoms with van der Waals surface area (Å²) >= 11 is 0. The standard InChI is InChI=1S/C24H22N2O4S/c1-16-4-11-22-18(14-16)7-12-21(25-22)17-5-8-19(9-6-17)26-31(27,28)24-15-20(29-2)10-13-23(24)30-3/h4-15,26H,1-3H3. The van der Waals surface area contributed by atoms with Crippen LogP contribution in [0.5, 0.6) is 11.5 Å². The van der Waals surface area contributed by atoms with Gasteiger partial charge in [0.05, 0.1) is 25.4 Å². The predicted octanol–water partition coefficient (Wildman–Crippen LogP) is 5.03. The molecule has 1 aromatic heterocycles. The number of sulfonamides is 1. The van der Waals surface area contributed by atoms with Crippen LogP contribution >= 0.6 is 0 Å². The fourth-order valence-corrected chi connectivity index (χ4v) is 4.56. The lowest BCUT2D eigenvalue weighted by Gasteiger charge is -2.13. The van der Waals surface area contributed by atoms with E-state index in [9.17, 15) is 8.42 Å². The molecule has 0 bridgehead atoms. The van der Waals surface area contributed by atoms with Gasteiger partial charge in [-0.15, -0.1) is 0 Å². The molecule has 0 aliphatic heterocycles. The number of hydrogen-bond acceptors (Lipinski definition) is 5. The molecule has 7 heteroatoms. The highest BCUT2D eigenvalue weighted by Crippen LogP contribution is 2.30. The maximum atomic E-state index is 12.9. The number of aryl methyl sites for hydroxylation is 1. The smallest absolute Gasteiger partial charge is 0.265 e. The number of methoxy groups -OCH3 is 2. The van der Waals surface area contributed by atoms with Crippen LogP contribution in [0.3, 0.4) is 0 Å². The number of ether oxygens (including phenoxy) is 2. The number of pyridine rings is 1. The first-order valence-electron chi connectivity index (χ1n) is 9.62.